The molecule has 0 amide bonds. The fourth-order valence-electron chi connectivity index (χ4n) is 2.32. The van der Waals surface area contributed by atoms with Crippen molar-refractivity contribution in [2.24, 2.45) is 0 Å². The lowest BCUT2D eigenvalue weighted by Gasteiger charge is -2.08. The summed E-state index contributed by atoms with van der Waals surface area (Å²) >= 11 is 0. The van der Waals surface area contributed by atoms with E-state index in [1.54, 1.807) is 0 Å². The molecular weight excluding hydrogens is 346 g/mol. The summed E-state index contributed by atoms with van der Waals surface area (Å²) in [6, 6.07) is 8.01. The van der Waals surface area contributed by atoms with Gasteiger partial charge in [-0.2, -0.15) is 0 Å². The van der Waals surface area contributed by atoms with Gasteiger partial charge in [0.25, 0.3) is 0 Å². The summed E-state index contributed by atoms with van der Waals surface area (Å²) in [4.78, 5) is 10.7. The highest BCUT2D eigenvalue weighted by atomic mass is 16.5. The van der Waals surface area contributed by atoms with E-state index in [4.69, 9.17) is 18.9 Å². The summed E-state index contributed by atoms with van der Waals surface area (Å²) in [5, 5.41) is 3.26. The number of rotatable bonds is 18. The monoisotopic (exact) mass is 383 g/mol. The smallest absolute Gasteiger partial charge is 0.155 e. The number of benzene rings is 1. The van der Waals surface area contributed by atoms with Gasteiger partial charge in [0.05, 0.1) is 6.61 Å². The Morgan fingerprint density at radius 1 is 0.852 bits per heavy atom. The number of unbranched alkanes of at least 4 members (excludes halogenated alkanes) is 1. The molecule has 0 radical (unpaired) electrons. The summed E-state index contributed by atoms with van der Waals surface area (Å²) in [6.07, 6.45) is 3.68. The van der Waals surface area contributed by atoms with Gasteiger partial charge in [-0.3, -0.25) is 4.79 Å². The van der Waals surface area contributed by atoms with Crippen LogP contribution in [0.4, 0.5) is 5.69 Å². The Kier molecular flexibility index (Phi) is 14.3. The standard InChI is InChI=1S/C21H35NO5.H2/c1-3-22-20-8-10-21(11-9-20)27-17-7-15-25-13-5-4-12-24-14-6-16-26-18-19(2)23;/h8-11,22H,3-7,12-18H2,1-2H3;1H. The minimum Gasteiger partial charge on any atom is -0.494 e. The molecule has 0 aromatic heterocycles. The topological polar surface area (TPSA) is 66.0 Å². The van der Waals surface area contributed by atoms with E-state index in [9.17, 15) is 4.79 Å². The van der Waals surface area contributed by atoms with Gasteiger partial charge in [-0.1, -0.05) is 0 Å². The molecule has 0 spiro atoms. The lowest BCUT2D eigenvalue weighted by Crippen LogP contribution is -2.08. The molecular formula is C21H37NO5. The SMILES string of the molecule is CCNc1ccc(OCCCOCCCCOCCCOCC(C)=O)cc1.[HH]. The van der Waals surface area contributed by atoms with Crippen LogP contribution in [-0.4, -0.2) is 58.6 Å². The molecule has 0 aliphatic heterocycles. The van der Waals surface area contributed by atoms with Crippen LogP contribution >= 0.6 is 0 Å². The van der Waals surface area contributed by atoms with Gasteiger partial charge in [-0.15, -0.1) is 0 Å². The van der Waals surface area contributed by atoms with Gasteiger partial charge in [0.15, 0.2) is 5.78 Å². The van der Waals surface area contributed by atoms with Gasteiger partial charge in [-0.25, -0.2) is 0 Å². The highest BCUT2D eigenvalue weighted by Gasteiger charge is 1.97. The summed E-state index contributed by atoms with van der Waals surface area (Å²) in [6.45, 7) is 8.83. The molecule has 156 valence electrons. The molecule has 0 bridgehead atoms. The van der Waals surface area contributed by atoms with E-state index < -0.39 is 0 Å². The van der Waals surface area contributed by atoms with Gasteiger partial charge in [0.1, 0.15) is 12.4 Å². The quantitative estimate of drug-likeness (QED) is 0.387. The van der Waals surface area contributed by atoms with E-state index in [0.717, 1.165) is 56.9 Å². The van der Waals surface area contributed by atoms with Crippen molar-refractivity contribution in [3.8, 4) is 5.75 Å². The lowest BCUT2D eigenvalue weighted by molar-refractivity contribution is -0.121. The summed E-state index contributed by atoms with van der Waals surface area (Å²) in [7, 11) is 0. The molecule has 1 aromatic carbocycles. The molecule has 6 nitrogen and oxygen atoms in total. The van der Waals surface area contributed by atoms with E-state index in [-0.39, 0.29) is 13.8 Å². The van der Waals surface area contributed by atoms with Gasteiger partial charge < -0.3 is 24.3 Å². The number of hydrogen-bond acceptors (Lipinski definition) is 6. The number of ether oxygens (including phenoxy) is 4. The molecule has 0 saturated heterocycles. The third kappa shape index (κ3) is 14.1. The fourth-order valence-corrected chi connectivity index (χ4v) is 2.32. The fraction of sp³-hybridized carbons (Fsp3) is 0.667. The van der Waals surface area contributed by atoms with Crippen LogP contribution in [0.1, 0.15) is 41.0 Å². The van der Waals surface area contributed by atoms with Crippen LogP contribution in [0, 0.1) is 0 Å². The number of carbonyl (C=O) groups is 1. The molecule has 0 fully saturated rings. The summed E-state index contributed by atoms with van der Waals surface area (Å²) < 4.78 is 22.0. The molecule has 0 saturated carbocycles. The van der Waals surface area contributed by atoms with Crippen LogP contribution in [0.25, 0.3) is 0 Å². The molecule has 0 aliphatic rings. The second kappa shape index (κ2) is 16.5. The van der Waals surface area contributed by atoms with Crippen LogP contribution in [0.3, 0.4) is 0 Å². The Morgan fingerprint density at radius 3 is 2.00 bits per heavy atom. The molecule has 1 N–H and O–H groups in total. The number of ketones is 1. The minimum atomic E-state index is 0. The lowest BCUT2D eigenvalue weighted by atomic mass is 10.3. The third-order valence-electron chi connectivity index (χ3n) is 3.65. The van der Waals surface area contributed by atoms with E-state index in [1.165, 1.54) is 6.92 Å². The van der Waals surface area contributed by atoms with Crippen molar-refractivity contribution in [3.63, 3.8) is 0 Å². The third-order valence-corrected chi connectivity index (χ3v) is 3.65. The van der Waals surface area contributed by atoms with E-state index in [0.29, 0.717) is 26.4 Å². The van der Waals surface area contributed by atoms with Crippen molar-refractivity contribution in [1.29, 1.82) is 0 Å². The first-order valence-corrected chi connectivity index (χ1v) is 9.91. The normalized spacial score (nSPS) is 10.7. The number of carbonyl (C=O) groups excluding carboxylic acids is 1. The highest BCUT2D eigenvalue weighted by molar-refractivity contribution is 5.76. The van der Waals surface area contributed by atoms with Gasteiger partial charge in [0.2, 0.25) is 0 Å². The Labute approximate surface area is 165 Å². The molecule has 0 aliphatic carbocycles. The van der Waals surface area contributed by atoms with Crippen molar-refractivity contribution < 1.29 is 25.2 Å². The number of hydrogen-bond donors (Lipinski definition) is 1. The zero-order valence-corrected chi connectivity index (χ0v) is 16.8. The molecule has 0 heterocycles. The van der Waals surface area contributed by atoms with Crippen molar-refractivity contribution >= 4 is 11.5 Å². The summed E-state index contributed by atoms with van der Waals surface area (Å²) in [5.41, 5.74) is 1.11. The molecule has 0 atom stereocenters. The van der Waals surface area contributed by atoms with Gasteiger partial charge in [-0.05, 0) is 57.4 Å². The molecule has 1 aromatic rings. The first-order chi connectivity index (χ1) is 13.2. The van der Waals surface area contributed by atoms with Crippen molar-refractivity contribution in [1.82, 2.24) is 0 Å². The van der Waals surface area contributed by atoms with Crippen LogP contribution in [0.2, 0.25) is 0 Å². The Morgan fingerprint density at radius 2 is 1.41 bits per heavy atom. The Hall–Kier alpha value is -1.63. The van der Waals surface area contributed by atoms with Gasteiger partial charge in [0, 0.05) is 53.1 Å². The second-order valence-electron chi connectivity index (χ2n) is 6.30. The predicted octanol–water partition coefficient (Wildman–Crippen LogP) is 3.94. The van der Waals surface area contributed by atoms with E-state index >= 15 is 0 Å². The minimum absolute atomic E-state index is 0. The maximum absolute atomic E-state index is 10.7. The second-order valence-corrected chi connectivity index (χ2v) is 6.30. The Bertz CT molecular complexity index is 484. The van der Waals surface area contributed by atoms with Crippen LogP contribution in [-0.2, 0) is 19.0 Å². The van der Waals surface area contributed by atoms with Crippen molar-refractivity contribution in [2.45, 2.75) is 39.5 Å². The highest BCUT2D eigenvalue weighted by Crippen LogP contribution is 2.15. The molecule has 0 unspecified atom stereocenters. The zero-order chi connectivity index (χ0) is 19.6. The van der Waals surface area contributed by atoms with Crippen LogP contribution < -0.4 is 10.1 Å². The number of nitrogens with one attached hydrogen (secondary N) is 1. The molecule has 6 heteroatoms. The average molecular weight is 384 g/mol. The molecule has 27 heavy (non-hydrogen) atoms. The maximum Gasteiger partial charge on any atom is 0.155 e. The van der Waals surface area contributed by atoms with Gasteiger partial charge >= 0.3 is 0 Å². The van der Waals surface area contributed by atoms with Crippen molar-refractivity contribution in [3.05, 3.63) is 24.3 Å². The van der Waals surface area contributed by atoms with E-state index in [1.807, 2.05) is 24.3 Å². The largest absolute Gasteiger partial charge is 0.494 e. The number of Topliss-reactive ketones (excluding diaryl/α,β-unsaturated/α-hetero) is 1. The zero-order valence-electron chi connectivity index (χ0n) is 16.8. The molecule has 1 rings (SSSR count). The number of anilines is 1. The first kappa shape index (κ1) is 23.4. The first-order valence-electron chi connectivity index (χ1n) is 9.91. The summed E-state index contributed by atoms with van der Waals surface area (Å²) in [5.74, 6) is 0.946. The van der Waals surface area contributed by atoms with Crippen molar-refractivity contribution in [2.75, 3.05) is 58.1 Å². The Balaban J connectivity index is 0.00000729. The average Bonchev–Trinajstić information content (AvgIpc) is 2.66. The van der Waals surface area contributed by atoms with E-state index in [2.05, 4.69) is 12.2 Å². The van der Waals surface area contributed by atoms with Crippen LogP contribution in [0.15, 0.2) is 24.3 Å². The maximum atomic E-state index is 10.7. The van der Waals surface area contributed by atoms with Crippen LogP contribution in [0.5, 0.6) is 5.75 Å². The predicted molar refractivity (Wildman–Crippen MR) is 110 cm³/mol.